The molecule has 0 saturated carbocycles. The molecule has 8 nitrogen and oxygen atoms in total. The Hall–Kier alpha value is -2.29. The third-order valence-corrected chi connectivity index (χ3v) is 2.70. The van der Waals surface area contributed by atoms with Gasteiger partial charge in [-0.2, -0.15) is 0 Å². The standard InChI is InChI=1S/C8H6N6O2S/c9-7-6(14(15)16)8(13-4-12-7)17-5-1-2-10-3-11-5/h1-4H,(H2,9,12,13). The van der Waals surface area contributed by atoms with Crippen LogP contribution in [0.3, 0.4) is 0 Å². The lowest BCUT2D eigenvalue weighted by Gasteiger charge is -2.01. The van der Waals surface area contributed by atoms with Crippen molar-refractivity contribution < 1.29 is 4.92 Å². The summed E-state index contributed by atoms with van der Waals surface area (Å²) in [6.07, 6.45) is 4.05. The second-order valence-corrected chi connectivity index (χ2v) is 3.83. The molecule has 0 aliphatic carbocycles. The molecule has 0 saturated heterocycles. The molecule has 0 unspecified atom stereocenters. The van der Waals surface area contributed by atoms with Crippen molar-refractivity contribution in [1.82, 2.24) is 19.9 Å². The van der Waals surface area contributed by atoms with Gasteiger partial charge in [0.15, 0.2) is 5.03 Å². The second kappa shape index (κ2) is 4.70. The molecular formula is C8H6N6O2S. The highest BCUT2D eigenvalue weighted by Crippen LogP contribution is 2.33. The number of nitrogens with two attached hydrogens (primary N) is 1. The summed E-state index contributed by atoms with van der Waals surface area (Å²) in [5.41, 5.74) is 5.13. The van der Waals surface area contributed by atoms with Gasteiger partial charge in [-0.25, -0.2) is 19.9 Å². The zero-order chi connectivity index (χ0) is 12.3. The first kappa shape index (κ1) is 11.2. The smallest absolute Gasteiger partial charge is 0.343 e. The van der Waals surface area contributed by atoms with Gasteiger partial charge in [0.25, 0.3) is 0 Å². The van der Waals surface area contributed by atoms with Crippen LogP contribution in [0.2, 0.25) is 0 Å². The first-order valence-electron chi connectivity index (χ1n) is 4.37. The second-order valence-electron chi connectivity index (χ2n) is 2.82. The van der Waals surface area contributed by atoms with Gasteiger partial charge in [-0.1, -0.05) is 0 Å². The Kier molecular flexibility index (Phi) is 3.10. The van der Waals surface area contributed by atoms with Gasteiger partial charge in [-0.15, -0.1) is 0 Å². The summed E-state index contributed by atoms with van der Waals surface area (Å²) in [5, 5.41) is 11.5. The summed E-state index contributed by atoms with van der Waals surface area (Å²) in [5.74, 6) is -0.165. The number of nitrogens with zero attached hydrogens (tertiary/aromatic N) is 5. The van der Waals surface area contributed by atoms with Gasteiger partial charge >= 0.3 is 5.69 Å². The lowest BCUT2D eigenvalue weighted by atomic mass is 10.5. The van der Waals surface area contributed by atoms with Crippen molar-refractivity contribution >= 4 is 23.3 Å². The molecule has 0 amide bonds. The minimum Gasteiger partial charge on any atom is -0.378 e. The first-order chi connectivity index (χ1) is 8.18. The maximum Gasteiger partial charge on any atom is 0.343 e. The summed E-state index contributed by atoms with van der Waals surface area (Å²) in [4.78, 5) is 25.3. The normalized spacial score (nSPS) is 10.1. The van der Waals surface area contributed by atoms with E-state index in [0.717, 1.165) is 11.8 Å². The molecule has 0 aliphatic heterocycles. The summed E-state index contributed by atoms with van der Waals surface area (Å²) >= 11 is 1.03. The van der Waals surface area contributed by atoms with E-state index in [1.54, 1.807) is 6.07 Å². The number of rotatable bonds is 3. The number of nitrogen functional groups attached to an aromatic ring is 1. The summed E-state index contributed by atoms with van der Waals surface area (Å²) in [7, 11) is 0. The highest BCUT2D eigenvalue weighted by molar-refractivity contribution is 7.99. The Morgan fingerprint density at radius 2 is 2.12 bits per heavy atom. The van der Waals surface area contributed by atoms with E-state index in [1.165, 1.54) is 18.9 Å². The minimum absolute atomic E-state index is 0.154. The fraction of sp³-hybridized carbons (Fsp3) is 0. The van der Waals surface area contributed by atoms with Crippen molar-refractivity contribution in [3.8, 4) is 0 Å². The van der Waals surface area contributed by atoms with E-state index in [4.69, 9.17) is 5.73 Å². The molecule has 0 spiro atoms. The van der Waals surface area contributed by atoms with E-state index in [2.05, 4.69) is 19.9 Å². The van der Waals surface area contributed by atoms with E-state index in [0.29, 0.717) is 5.03 Å². The number of hydrogen-bond acceptors (Lipinski definition) is 8. The molecule has 0 aliphatic rings. The van der Waals surface area contributed by atoms with Crippen molar-refractivity contribution in [2.24, 2.45) is 0 Å². The van der Waals surface area contributed by atoms with Crippen molar-refractivity contribution in [3.63, 3.8) is 0 Å². The van der Waals surface area contributed by atoms with Gasteiger partial charge in [-0.3, -0.25) is 10.1 Å². The van der Waals surface area contributed by atoms with E-state index < -0.39 is 4.92 Å². The molecule has 0 radical (unpaired) electrons. The number of hydrogen-bond donors (Lipinski definition) is 1. The highest BCUT2D eigenvalue weighted by Gasteiger charge is 2.21. The Bertz CT molecular complexity index is 549. The predicted molar refractivity (Wildman–Crippen MR) is 59.3 cm³/mol. The Morgan fingerprint density at radius 3 is 2.76 bits per heavy atom. The predicted octanol–water partition coefficient (Wildman–Crippen LogP) is 0.908. The van der Waals surface area contributed by atoms with Gasteiger partial charge in [0.1, 0.15) is 17.7 Å². The molecule has 9 heteroatoms. The van der Waals surface area contributed by atoms with E-state index in [-0.39, 0.29) is 16.5 Å². The number of nitro groups is 1. The van der Waals surface area contributed by atoms with Gasteiger partial charge < -0.3 is 5.73 Å². The van der Waals surface area contributed by atoms with Crippen molar-refractivity contribution in [2.75, 3.05) is 5.73 Å². The van der Waals surface area contributed by atoms with Gasteiger partial charge in [-0.05, 0) is 17.8 Å². The van der Waals surface area contributed by atoms with E-state index in [1.807, 2.05) is 0 Å². The minimum atomic E-state index is -0.612. The molecular weight excluding hydrogens is 244 g/mol. The van der Waals surface area contributed by atoms with Gasteiger partial charge in [0.05, 0.1) is 4.92 Å². The summed E-state index contributed by atoms with van der Waals surface area (Å²) in [6, 6.07) is 1.62. The van der Waals surface area contributed by atoms with Crippen LogP contribution in [0.5, 0.6) is 0 Å². The lowest BCUT2D eigenvalue weighted by Crippen LogP contribution is -2.01. The molecule has 2 aromatic heterocycles. The Labute approximate surface area is 99.5 Å². The van der Waals surface area contributed by atoms with Crippen LogP contribution >= 0.6 is 11.8 Å². The van der Waals surface area contributed by atoms with Crippen molar-refractivity contribution in [3.05, 3.63) is 35.0 Å². The zero-order valence-corrected chi connectivity index (χ0v) is 9.16. The lowest BCUT2D eigenvalue weighted by molar-refractivity contribution is -0.387. The quantitative estimate of drug-likeness (QED) is 0.484. The average molecular weight is 250 g/mol. The third kappa shape index (κ3) is 2.45. The molecule has 0 bridgehead atoms. The fourth-order valence-corrected chi connectivity index (χ4v) is 1.86. The molecule has 2 heterocycles. The molecule has 0 fully saturated rings. The van der Waals surface area contributed by atoms with Crippen LogP contribution in [0.15, 0.2) is 35.0 Å². The third-order valence-electron chi connectivity index (χ3n) is 1.76. The van der Waals surface area contributed by atoms with Crippen molar-refractivity contribution in [1.29, 1.82) is 0 Å². The molecule has 17 heavy (non-hydrogen) atoms. The van der Waals surface area contributed by atoms with Gasteiger partial charge in [0, 0.05) is 6.20 Å². The fourth-order valence-electron chi connectivity index (χ4n) is 1.06. The number of anilines is 1. The Morgan fingerprint density at radius 1 is 1.29 bits per heavy atom. The monoisotopic (exact) mass is 250 g/mol. The molecule has 0 atom stereocenters. The van der Waals surface area contributed by atoms with Gasteiger partial charge in [0.2, 0.25) is 5.82 Å². The maximum absolute atomic E-state index is 10.8. The van der Waals surface area contributed by atoms with Crippen LogP contribution in [-0.4, -0.2) is 24.9 Å². The topological polar surface area (TPSA) is 121 Å². The molecule has 86 valence electrons. The van der Waals surface area contributed by atoms with Crippen LogP contribution < -0.4 is 5.73 Å². The zero-order valence-electron chi connectivity index (χ0n) is 8.35. The van der Waals surface area contributed by atoms with Crippen LogP contribution in [0.25, 0.3) is 0 Å². The van der Waals surface area contributed by atoms with E-state index >= 15 is 0 Å². The van der Waals surface area contributed by atoms with Crippen molar-refractivity contribution in [2.45, 2.75) is 10.1 Å². The summed E-state index contributed by atoms with van der Waals surface area (Å²) < 4.78 is 0. The van der Waals surface area contributed by atoms with Crippen LogP contribution in [0.4, 0.5) is 11.5 Å². The number of aromatic nitrogens is 4. The van der Waals surface area contributed by atoms with E-state index in [9.17, 15) is 10.1 Å². The SMILES string of the molecule is Nc1ncnc(Sc2ccncn2)c1[N+](=O)[O-]. The Balaban J connectivity index is 2.40. The average Bonchev–Trinajstić information content (AvgIpc) is 2.30. The highest BCUT2D eigenvalue weighted by atomic mass is 32.2. The first-order valence-corrected chi connectivity index (χ1v) is 5.19. The maximum atomic E-state index is 10.8. The summed E-state index contributed by atoms with van der Waals surface area (Å²) in [6.45, 7) is 0. The molecule has 2 rings (SSSR count). The van der Waals surface area contributed by atoms with Crippen LogP contribution in [0.1, 0.15) is 0 Å². The molecule has 2 aromatic rings. The molecule has 0 aromatic carbocycles. The molecule has 2 N–H and O–H groups in total. The largest absolute Gasteiger partial charge is 0.378 e. The van der Waals surface area contributed by atoms with Crippen LogP contribution in [-0.2, 0) is 0 Å². The van der Waals surface area contributed by atoms with Crippen LogP contribution in [0, 0.1) is 10.1 Å².